The van der Waals surface area contributed by atoms with Crippen LogP contribution in [0, 0.1) is 0 Å². The number of ether oxygens (including phenoxy) is 3. The van der Waals surface area contributed by atoms with E-state index in [9.17, 15) is 50.8 Å². The van der Waals surface area contributed by atoms with Crippen LogP contribution < -0.4 is 45.5 Å². The molecule has 0 saturated carbocycles. The highest BCUT2D eigenvalue weighted by molar-refractivity contribution is 7.89. The first-order chi connectivity index (χ1) is 33.2. The zero-order valence-corrected chi connectivity index (χ0v) is 41.4. The number of fused-ring (bicyclic) bond motifs is 1. The van der Waals surface area contributed by atoms with Gasteiger partial charge in [0, 0.05) is 47.3 Å². The lowest BCUT2D eigenvalue weighted by molar-refractivity contribution is -0.141. The van der Waals surface area contributed by atoms with Crippen LogP contribution in [0.2, 0.25) is 0 Å². The van der Waals surface area contributed by atoms with Gasteiger partial charge >= 0.3 is 12.1 Å². The van der Waals surface area contributed by atoms with Crippen LogP contribution in [0.4, 0.5) is 9.59 Å². The van der Waals surface area contributed by atoms with Crippen LogP contribution in [-0.4, -0.2) is 164 Å². The summed E-state index contributed by atoms with van der Waals surface area (Å²) in [7, 11) is 1.75. The second-order valence-corrected chi connectivity index (χ2v) is 19.5. The van der Waals surface area contributed by atoms with Crippen LogP contribution in [0.5, 0.6) is 17.2 Å². The van der Waals surface area contributed by atoms with Crippen molar-refractivity contribution in [2.75, 3.05) is 62.1 Å². The number of nitrogens with two attached hydrogens (primary N) is 1. The highest BCUT2D eigenvalue weighted by Crippen LogP contribution is 2.29. The van der Waals surface area contributed by atoms with Gasteiger partial charge < -0.3 is 30.6 Å². The van der Waals surface area contributed by atoms with Crippen molar-refractivity contribution in [3.63, 3.8) is 0 Å². The fraction of sp³-hybridized carbons (Fsp3) is 0.455. The third-order valence-corrected chi connectivity index (χ3v) is 14.3. The lowest BCUT2D eigenvalue weighted by Crippen LogP contribution is -2.58. The minimum Gasteiger partial charge on any atom is -0.497 e. The molecule has 3 aliphatic heterocycles. The lowest BCUT2D eigenvalue weighted by atomic mass is 10.1. The van der Waals surface area contributed by atoms with Gasteiger partial charge in [-0.1, -0.05) is 12.1 Å². The fourth-order valence-corrected chi connectivity index (χ4v) is 9.57. The number of nitrogens with one attached hydrogen (secondary N) is 5. The van der Waals surface area contributed by atoms with Crippen molar-refractivity contribution in [2.24, 2.45) is 5.73 Å². The van der Waals surface area contributed by atoms with E-state index in [0.717, 1.165) is 21.1 Å². The van der Waals surface area contributed by atoms with E-state index in [-0.39, 0.29) is 40.6 Å². The van der Waals surface area contributed by atoms with Gasteiger partial charge in [-0.15, -0.1) is 0 Å². The molecule has 384 valence electrons. The summed E-state index contributed by atoms with van der Waals surface area (Å²) in [6.07, 6.45) is 1.76. The molecule has 0 radical (unpaired) electrons. The smallest absolute Gasteiger partial charge is 0.328 e. The summed E-state index contributed by atoms with van der Waals surface area (Å²) in [6.45, 7) is 1.30. The Morgan fingerprint density at radius 3 is 1.73 bits per heavy atom. The van der Waals surface area contributed by atoms with Crippen molar-refractivity contribution in [2.45, 2.75) is 79.2 Å². The van der Waals surface area contributed by atoms with E-state index in [0.29, 0.717) is 63.1 Å². The number of methoxy groups -OCH3 is 3. The maximum Gasteiger partial charge on any atom is 0.328 e. The molecule has 4 atom stereocenters. The summed E-state index contributed by atoms with van der Waals surface area (Å²) in [5.41, 5.74) is 8.18. The number of urea groups is 2. The zero-order valence-electron chi connectivity index (χ0n) is 39.7. The number of hydrogen-bond acceptors (Lipinski definition) is 16. The maximum atomic E-state index is 12.5. The molecule has 0 bridgehead atoms. The third-order valence-electron chi connectivity index (χ3n) is 11.4. The highest BCUT2D eigenvalue weighted by Gasteiger charge is 2.51. The van der Waals surface area contributed by atoms with Crippen molar-refractivity contribution in [1.29, 1.82) is 0 Å². The molecule has 4 unspecified atom stereocenters. The van der Waals surface area contributed by atoms with Crippen LogP contribution in [0.25, 0.3) is 0 Å². The van der Waals surface area contributed by atoms with E-state index in [1.54, 1.807) is 41.8 Å². The molecular formula is C44H62N10O14S2. The van der Waals surface area contributed by atoms with Crippen LogP contribution >= 0.6 is 0 Å². The zero-order chi connectivity index (χ0) is 51.8. The summed E-state index contributed by atoms with van der Waals surface area (Å²) in [4.78, 5) is 76.8. The average molecular weight is 1020 g/mol. The number of benzene rings is 3. The summed E-state index contributed by atoms with van der Waals surface area (Å²) < 4.78 is 68.2. The van der Waals surface area contributed by atoms with Gasteiger partial charge in [0.1, 0.15) is 29.3 Å². The first-order valence-corrected chi connectivity index (χ1v) is 24.9. The first-order valence-electron chi connectivity index (χ1n) is 22.0. The standard InChI is InChI=1S/C17H22N4O5.C14H19N3O5S.C13H21N3O4S/c1-19-16(23)13-4-3-9-20(10-11-5-7-12(26-2)8-6-11)15(14(22)18-25)21(13)17(19)24;1-17-13(18)12(16-14(17)19)4-3-9-15-23(20,21)11-7-5-10(22-2)6-8-11;1-15-13(17)12(14)4-3-9-16-21(18,19)11-7-5-10(20-2)6-8-11/h5-8,13,15,25H,3-4,9-10H2,1-2H3,(H,18,22);5-8,12,15H,3-4,9H2,1-2H3,(H,16,19);5-8,12,16H,3-4,9,14H2,1-2H3,(H,15,17). The van der Waals surface area contributed by atoms with E-state index >= 15 is 0 Å². The number of hydroxylamine groups is 1. The molecule has 3 saturated heterocycles. The maximum absolute atomic E-state index is 12.5. The average Bonchev–Trinajstić information content (AvgIpc) is 3.62. The number of carbonyl (C=O) groups excluding carboxylic acids is 6. The minimum atomic E-state index is -3.60. The molecule has 3 aromatic carbocycles. The van der Waals surface area contributed by atoms with E-state index in [1.165, 1.54) is 64.5 Å². The van der Waals surface area contributed by atoms with Gasteiger partial charge in [-0.3, -0.25) is 44.0 Å². The van der Waals surface area contributed by atoms with E-state index in [2.05, 4.69) is 20.1 Å². The Kier molecular flexibility index (Phi) is 20.8. The minimum absolute atomic E-state index is 0.142. The van der Waals surface area contributed by atoms with Gasteiger partial charge in [0.05, 0.1) is 37.2 Å². The second kappa shape index (κ2) is 26.0. The molecule has 0 aromatic heterocycles. The summed E-state index contributed by atoms with van der Waals surface area (Å²) in [5, 5.41) is 14.2. The SMILES string of the molecule is CNC(=O)C(N)CCCNS(=O)(=O)c1ccc(OC)cc1.COc1ccc(CN2CCCC3C(=O)N(C)C(=O)N3C2C(=O)NO)cc1.COc1ccc(S(=O)(=O)NCCCC2NC(=O)N(C)C2=O)cc1. The summed E-state index contributed by atoms with van der Waals surface area (Å²) in [6, 6.07) is 16.7. The van der Waals surface area contributed by atoms with Crippen molar-refractivity contribution in [3.05, 3.63) is 78.4 Å². The Hall–Kier alpha value is -6.42. The van der Waals surface area contributed by atoms with Crippen LogP contribution in [0.1, 0.15) is 44.1 Å². The lowest BCUT2D eigenvalue weighted by Gasteiger charge is -2.35. The fourth-order valence-electron chi connectivity index (χ4n) is 7.42. The van der Waals surface area contributed by atoms with E-state index in [4.69, 9.17) is 19.9 Å². The Labute approximate surface area is 407 Å². The van der Waals surface area contributed by atoms with Crippen LogP contribution in [0.15, 0.2) is 82.6 Å². The molecule has 0 aliphatic carbocycles. The second-order valence-electron chi connectivity index (χ2n) is 16.0. The summed E-state index contributed by atoms with van der Waals surface area (Å²) in [5.74, 6) is 0.269. The van der Waals surface area contributed by atoms with Crippen molar-refractivity contribution in [1.82, 2.24) is 45.2 Å². The first kappa shape index (κ1) is 56.2. The number of hydrogen-bond donors (Lipinski definition) is 7. The third kappa shape index (κ3) is 14.8. The molecule has 3 fully saturated rings. The number of imide groups is 2. The number of rotatable bonds is 19. The molecule has 3 aliphatic rings. The summed E-state index contributed by atoms with van der Waals surface area (Å²) >= 11 is 0. The normalized spacial score (nSPS) is 18.6. The van der Waals surface area contributed by atoms with Gasteiger partial charge in [-0.25, -0.2) is 41.3 Å². The Morgan fingerprint density at radius 2 is 1.27 bits per heavy atom. The van der Waals surface area contributed by atoms with Crippen molar-refractivity contribution in [3.8, 4) is 17.2 Å². The highest BCUT2D eigenvalue weighted by atomic mass is 32.2. The van der Waals surface area contributed by atoms with Gasteiger partial charge in [-0.2, -0.15) is 0 Å². The number of likely N-dealkylation sites (N-methyl/N-ethyl adjacent to an activating group) is 3. The van der Waals surface area contributed by atoms with Gasteiger partial charge in [-0.05, 0) is 105 Å². The molecule has 0 spiro atoms. The molecule has 8 amide bonds. The monoisotopic (exact) mass is 1020 g/mol. The Bertz CT molecular complexity index is 2500. The van der Waals surface area contributed by atoms with E-state index < -0.39 is 62.3 Å². The van der Waals surface area contributed by atoms with Crippen molar-refractivity contribution >= 4 is 55.7 Å². The number of nitrogens with zero attached hydrogens (tertiary/aromatic N) is 4. The van der Waals surface area contributed by atoms with Gasteiger partial charge in [0.2, 0.25) is 26.0 Å². The molecule has 24 nitrogen and oxygen atoms in total. The predicted molar refractivity (Wildman–Crippen MR) is 252 cm³/mol. The van der Waals surface area contributed by atoms with Crippen LogP contribution in [-0.2, 0) is 45.8 Å². The molecule has 8 N–H and O–H groups in total. The topological polar surface area (TPSA) is 318 Å². The Morgan fingerprint density at radius 1 is 0.771 bits per heavy atom. The van der Waals surface area contributed by atoms with E-state index in [1.807, 2.05) is 24.3 Å². The predicted octanol–water partition coefficient (Wildman–Crippen LogP) is 0.516. The molecule has 26 heteroatoms. The number of sulfonamides is 2. The van der Waals surface area contributed by atoms with Gasteiger partial charge in [0.25, 0.3) is 17.7 Å². The molecular weight excluding hydrogens is 957 g/mol. The van der Waals surface area contributed by atoms with Crippen molar-refractivity contribution < 1.29 is 65.0 Å². The molecule has 6 rings (SSSR count). The largest absolute Gasteiger partial charge is 0.497 e. The Balaban J connectivity index is 0.000000230. The molecule has 70 heavy (non-hydrogen) atoms. The quantitative estimate of drug-likeness (QED) is 0.0373. The molecule has 3 heterocycles. The molecule has 3 aromatic rings. The van der Waals surface area contributed by atoms with Crippen LogP contribution in [0.3, 0.4) is 0 Å². The van der Waals surface area contributed by atoms with Gasteiger partial charge in [0.15, 0.2) is 6.17 Å². The number of carbonyl (C=O) groups is 6. The number of amides is 8.